The number of hydrogen-bond donors (Lipinski definition) is 2. The zero-order valence-electron chi connectivity index (χ0n) is 12.7. The molecule has 1 aliphatic heterocycles. The van der Waals surface area contributed by atoms with Gasteiger partial charge in [0.15, 0.2) is 0 Å². The van der Waals surface area contributed by atoms with Crippen molar-refractivity contribution in [3.8, 4) is 0 Å². The minimum absolute atomic E-state index is 0.0434. The summed E-state index contributed by atoms with van der Waals surface area (Å²) in [6.07, 6.45) is 2.95. The van der Waals surface area contributed by atoms with Crippen molar-refractivity contribution in [1.29, 1.82) is 0 Å². The summed E-state index contributed by atoms with van der Waals surface area (Å²) in [5.41, 5.74) is 5.67. The number of nitrogens with two attached hydrogens (primary N) is 1. The molecule has 0 aliphatic carbocycles. The van der Waals surface area contributed by atoms with Gasteiger partial charge >= 0.3 is 5.00 Å². The number of likely N-dealkylation sites (tertiary alicyclic amines) is 1. The third-order valence-corrected chi connectivity index (χ3v) is 4.69. The van der Waals surface area contributed by atoms with Gasteiger partial charge in [-0.1, -0.05) is 11.3 Å². The number of nitro groups is 1. The molecule has 1 atom stereocenters. The molecule has 2 amide bonds. The molecule has 23 heavy (non-hydrogen) atoms. The molecule has 1 aliphatic rings. The Kier molecular flexibility index (Phi) is 6.05. The number of nitrogens with one attached hydrogen (secondary N) is 1. The lowest BCUT2D eigenvalue weighted by Crippen LogP contribution is -2.49. The Balaban J connectivity index is 2.02. The summed E-state index contributed by atoms with van der Waals surface area (Å²) in [6, 6.07) is 1.23. The van der Waals surface area contributed by atoms with Crippen LogP contribution in [0.5, 0.6) is 0 Å². The van der Waals surface area contributed by atoms with Gasteiger partial charge in [0.1, 0.15) is 0 Å². The number of nitrogens with zero attached hydrogens (tertiary/aromatic N) is 2. The zero-order chi connectivity index (χ0) is 16.8. The summed E-state index contributed by atoms with van der Waals surface area (Å²) in [5, 5.41) is 15.0. The van der Waals surface area contributed by atoms with Gasteiger partial charge in [-0.05, 0) is 19.3 Å². The van der Waals surface area contributed by atoms with Gasteiger partial charge in [0.25, 0.3) is 5.91 Å². The topological polar surface area (TPSA) is 119 Å². The summed E-state index contributed by atoms with van der Waals surface area (Å²) in [5.74, 6) is -0.344. The van der Waals surface area contributed by atoms with Crippen molar-refractivity contribution in [3.05, 3.63) is 27.1 Å². The molecule has 9 heteroatoms. The Labute approximate surface area is 137 Å². The van der Waals surface area contributed by atoms with Crippen LogP contribution in [0.1, 0.15) is 36.0 Å². The fraction of sp³-hybridized carbons (Fsp3) is 0.571. The Bertz CT molecular complexity index is 589. The van der Waals surface area contributed by atoms with Crippen LogP contribution < -0.4 is 11.1 Å². The molecule has 1 aromatic rings. The number of piperidine rings is 1. The fourth-order valence-electron chi connectivity index (χ4n) is 2.63. The monoisotopic (exact) mass is 340 g/mol. The average molecular weight is 340 g/mol. The minimum atomic E-state index is -0.498. The van der Waals surface area contributed by atoms with E-state index in [9.17, 15) is 19.7 Å². The molecule has 2 rings (SSSR count). The number of thiophene rings is 1. The van der Waals surface area contributed by atoms with Gasteiger partial charge in [-0.2, -0.15) is 0 Å². The number of rotatable bonds is 6. The van der Waals surface area contributed by atoms with Crippen molar-refractivity contribution in [2.45, 2.75) is 31.7 Å². The van der Waals surface area contributed by atoms with Gasteiger partial charge in [-0.3, -0.25) is 19.7 Å². The molecule has 8 nitrogen and oxygen atoms in total. The van der Waals surface area contributed by atoms with Crippen LogP contribution in [0, 0.1) is 10.1 Å². The molecular formula is C14H20N4O4S. The predicted molar refractivity (Wildman–Crippen MR) is 86.3 cm³/mol. The number of carbonyl (C=O) groups excluding carboxylic acids is 2. The quantitative estimate of drug-likeness (QED) is 0.594. The van der Waals surface area contributed by atoms with Gasteiger partial charge < -0.3 is 16.0 Å². The summed E-state index contributed by atoms with van der Waals surface area (Å²) >= 11 is 0.946. The molecule has 126 valence electrons. The van der Waals surface area contributed by atoms with Gasteiger partial charge in [-0.25, -0.2) is 0 Å². The van der Waals surface area contributed by atoms with Crippen LogP contribution in [0.25, 0.3) is 0 Å². The largest absolute Gasteiger partial charge is 0.354 e. The Morgan fingerprint density at radius 2 is 2.26 bits per heavy atom. The molecule has 1 saturated heterocycles. The van der Waals surface area contributed by atoms with E-state index in [1.54, 1.807) is 4.90 Å². The molecule has 1 fully saturated rings. The first kappa shape index (κ1) is 17.4. The maximum atomic E-state index is 12.6. The Hall–Kier alpha value is -2.00. The summed E-state index contributed by atoms with van der Waals surface area (Å²) in [4.78, 5) is 36.1. The smallest absolute Gasteiger partial charge is 0.324 e. The molecule has 0 spiro atoms. The first-order chi connectivity index (χ1) is 11.0. The zero-order valence-corrected chi connectivity index (χ0v) is 13.5. The van der Waals surface area contributed by atoms with Crippen molar-refractivity contribution in [2.24, 2.45) is 5.73 Å². The normalized spacial score (nSPS) is 17.8. The number of amides is 2. The predicted octanol–water partition coefficient (Wildman–Crippen LogP) is 1.12. The minimum Gasteiger partial charge on any atom is -0.354 e. The summed E-state index contributed by atoms with van der Waals surface area (Å²) < 4.78 is 0. The lowest BCUT2D eigenvalue weighted by Gasteiger charge is -2.35. The maximum absolute atomic E-state index is 12.6. The maximum Gasteiger partial charge on any atom is 0.324 e. The first-order valence-electron chi connectivity index (χ1n) is 7.53. The summed E-state index contributed by atoms with van der Waals surface area (Å²) in [7, 11) is 0. The van der Waals surface area contributed by atoms with E-state index in [1.807, 2.05) is 0 Å². The van der Waals surface area contributed by atoms with Crippen LogP contribution in [-0.4, -0.2) is 47.3 Å². The van der Waals surface area contributed by atoms with E-state index in [0.29, 0.717) is 18.7 Å². The van der Waals surface area contributed by atoms with Gasteiger partial charge in [-0.15, -0.1) is 0 Å². The second-order valence-corrected chi connectivity index (χ2v) is 6.31. The van der Waals surface area contributed by atoms with E-state index in [0.717, 1.165) is 30.6 Å². The Morgan fingerprint density at radius 3 is 2.91 bits per heavy atom. The molecular weight excluding hydrogens is 320 g/mol. The van der Waals surface area contributed by atoms with Crippen molar-refractivity contribution in [1.82, 2.24) is 10.2 Å². The first-order valence-corrected chi connectivity index (χ1v) is 8.41. The van der Waals surface area contributed by atoms with E-state index in [1.165, 1.54) is 11.4 Å². The van der Waals surface area contributed by atoms with Crippen LogP contribution in [0.4, 0.5) is 5.00 Å². The van der Waals surface area contributed by atoms with Crippen molar-refractivity contribution in [3.63, 3.8) is 0 Å². The molecule has 0 saturated carbocycles. The van der Waals surface area contributed by atoms with E-state index >= 15 is 0 Å². The van der Waals surface area contributed by atoms with E-state index in [-0.39, 0.29) is 35.8 Å². The lowest BCUT2D eigenvalue weighted by atomic mass is 10.0. The van der Waals surface area contributed by atoms with E-state index in [2.05, 4.69) is 5.32 Å². The van der Waals surface area contributed by atoms with E-state index < -0.39 is 4.92 Å². The molecule has 0 aromatic carbocycles. The van der Waals surface area contributed by atoms with Crippen LogP contribution in [0.2, 0.25) is 0 Å². The van der Waals surface area contributed by atoms with E-state index in [4.69, 9.17) is 5.73 Å². The number of hydrogen-bond acceptors (Lipinski definition) is 6. The molecule has 3 N–H and O–H groups in total. The SMILES string of the molecule is NCCC(=O)NCC1CCCCN1C(=O)c1csc([N+](=O)[O-])c1. The van der Waals surface area contributed by atoms with Crippen molar-refractivity contribution < 1.29 is 14.5 Å². The van der Waals surface area contributed by atoms with Gasteiger partial charge in [0.05, 0.1) is 10.5 Å². The van der Waals surface area contributed by atoms with Crippen molar-refractivity contribution >= 4 is 28.2 Å². The standard InChI is InChI=1S/C14H20N4O4S/c15-5-4-12(19)16-8-11-3-1-2-6-17(11)14(20)10-7-13(18(21)22)23-9-10/h7,9,11H,1-6,8,15H2,(H,16,19). The molecule has 0 bridgehead atoms. The fourth-order valence-corrected chi connectivity index (χ4v) is 3.33. The van der Waals surface area contributed by atoms with Crippen LogP contribution >= 0.6 is 11.3 Å². The van der Waals surface area contributed by atoms with Crippen LogP contribution in [0.15, 0.2) is 11.4 Å². The van der Waals surface area contributed by atoms with Gasteiger partial charge in [0.2, 0.25) is 5.91 Å². The summed E-state index contributed by atoms with van der Waals surface area (Å²) in [6.45, 7) is 1.27. The molecule has 1 unspecified atom stereocenters. The lowest BCUT2D eigenvalue weighted by molar-refractivity contribution is -0.380. The average Bonchev–Trinajstić information content (AvgIpc) is 3.03. The highest BCUT2D eigenvalue weighted by Gasteiger charge is 2.29. The Morgan fingerprint density at radius 1 is 1.48 bits per heavy atom. The molecule has 2 heterocycles. The highest BCUT2D eigenvalue weighted by molar-refractivity contribution is 7.13. The second kappa shape index (κ2) is 8.02. The van der Waals surface area contributed by atoms with Crippen LogP contribution in [0.3, 0.4) is 0 Å². The highest BCUT2D eigenvalue weighted by Crippen LogP contribution is 2.26. The number of carbonyl (C=O) groups is 2. The molecule has 0 radical (unpaired) electrons. The van der Waals surface area contributed by atoms with Crippen molar-refractivity contribution in [2.75, 3.05) is 19.6 Å². The van der Waals surface area contributed by atoms with Gasteiger partial charge in [0, 0.05) is 43.5 Å². The van der Waals surface area contributed by atoms with Crippen LogP contribution in [-0.2, 0) is 4.79 Å². The molecule has 1 aromatic heterocycles. The third-order valence-electron chi connectivity index (χ3n) is 3.81. The highest BCUT2D eigenvalue weighted by atomic mass is 32.1. The second-order valence-electron chi connectivity index (χ2n) is 5.42. The third kappa shape index (κ3) is 4.49.